The fourth-order valence-electron chi connectivity index (χ4n) is 4.41. The van der Waals surface area contributed by atoms with Gasteiger partial charge in [-0.1, -0.05) is 48.5 Å². The van der Waals surface area contributed by atoms with Crippen LogP contribution in [0.2, 0.25) is 0 Å². The molecule has 0 radical (unpaired) electrons. The normalized spacial score (nSPS) is 14.9. The fraction of sp³-hybridized carbons (Fsp3) is 0.259. The zero-order valence-corrected chi connectivity index (χ0v) is 18.6. The Hall–Kier alpha value is -3.64. The van der Waals surface area contributed by atoms with Crippen LogP contribution in [0.25, 0.3) is 11.1 Å². The summed E-state index contributed by atoms with van der Waals surface area (Å²) in [7, 11) is 0. The van der Waals surface area contributed by atoms with Crippen LogP contribution in [-0.2, 0) is 13.1 Å². The third-order valence-electron chi connectivity index (χ3n) is 6.19. The van der Waals surface area contributed by atoms with Gasteiger partial charge in [0.25, 0.3) is 5.56 Å². The summed E-state index contributed by atoms with van der Waals surface area (Å²) in [5.41, 5.74) is 3.71. The summed E-state index contributed by atoms with van der Waals surface area (Å²) in [4.78, 5) is 19.6. The molecular weight excluding hydrogens is 412 g/mol. The van der Waals surface area contributed by atoms with E-state index in [4.69, 9.17) is 4.42 Å². The summed E-state index contributed by atoms with van der Waals surface area (Å²) in [5, 5.41) is 3.38. The molecule has 168 valence electrons. The van der Waals surface area contributed by atoms with Gasteiger partial charge in [-0.05, 0) is 47.7 Å². The van der Waals surface area contributed by atoms with Gasteiger partial charge in [-0.15, -0.1) is 0 Å². The van der Waals surface area contributed by atoms with E-state index in [1.165, 1.54) is 16.7 Å². The van der Waals surface area contributed by atoms with Crippen LogP contribution in [0.3, 0.4) is 0 Å². The van der Waals surface area contributed by atoms with Crippen LogP contribution >= 0.6 is 0 Å². The van der Waals surface area contributed by atoms with Crippen LogP contribution < -0.4 is 10.9 Å². The minimum atomic E-state index is -0.117. The molecule has 1 aliphatic rings. The van der Waals surface area contributed by atoms with Gasteiger partial charge in [-0.2, -0.15) is 0 Å². The Morgan fingerprint density at radius 1 is 0.939 bits per heavy atom. The first kappa shape index (κ1) is 21.2. The first-order valence-electron chi connectivity index (χ1n) is 11.5. The van der Waals surface area contributed by atoms with Crippen LogP contribution in [0.4, 0.5) is 5.82 Å². The van der Waals surface area contributed by atoms with Gasteiger partial charge in [-0.3, -0.25) is 9.69 Å². The van der Waals surface area contributed by atoms with Gasteiger partial charge in [0, 0.05) is 38.1 Å². The number of aromatic nitrogens is 2. The fourth-order valence-corrected chi connectivity index (χ4v) is 4.41. The molecule has 2 aromatic heterocycles. The van der Waals surface area contributed by atoms with E-state index in [0.29, 0.717) is 12.4 Å². The number of likely N-dealkylation sites (tertiary alicyclic amines) is 1. The lowest BCUT2D eigenvalue weighted by Crippen LogP contribution is -2.40. The highest BCUT2D eigenvalue weighted by atomic mass is 16.3. The molecule has 0 atom stereocenters. The second-order valence-electron chi connectivity index (χ2n) is 8.55. The van der Waals surface area contributed by atoms with Gasteiger partial charge in [0.2, 0.25) is 0 Å². The number of hydrogen-bond acceptors (Lipinski definition) is 5. The zero-order valence-electron chi connectivity index (χ0n) is 18.6. The number of hydrogen-bond donors (Lipinski definition) is 1. The number of piperidine rings is 1. The molecule has 4 aromatic rings. The molecule has 0 amide bonds. The molecule has 1 aliphatic heterocycles. The van der Waals surface area contributed by atoms with E-state index in [1.807, 2.05) is 18.2 Å². The van der Waals surface area contributed by atoms with Crippen molar-refractivity contribution < 1.29 is 4.42 Å². The van der Waals surface area contributed by atoms with Gasteiger partial charge >= 0.3 is 0 Å². The zero-order chi connectivity index (χ0) is 22.5. The summed E-state index contributed by atoms with van der Waals surface area (Å²) in [6, 6.07) is 23.2. The van der Waals surface area contributed by atoms with Crippen molar-refractivity contribution in [2.75, 3.05) is 18.4 Å². The van der Waals surface area contributed by atoms with Gasteiger partial charge in [0.05, 0.1) is 12.8 Å². The topological polar surface area (TPSA) is 63.3 Å². The monoisotopic (exact) mass is 440 g/mol. The highest BCUT2D eigenvalue weighted by Gasteiger charge is 2.21. The minimum absolute atomic E-state index is 0.117. The van der Waals surface area contributed by atoms with E-state index >= 15 is 0 Å². The maximum Gasteiger partial charge on any atom is 0.293 e. The lowest BCUT2D eigenvalue weighted by molar-refractivity contribution is 0.211. The Bertz CT molecular complexity index is 1230. The molecule has 2 aromatic carbocycles. The van der Waals surface area contributed by atoms with E-state index in [2.05, 4.69) is 63.7 Å². The maximum atomic E-state index is 12.8. The number of anilines is 1. The molecule has 6 nitrogen and oxygen atoms in total. The Morgan fingerprint density at radius 2 is 1.76 bits per heavy atom. The molecule has 0 saturated carbocycles. The van der Waals surface area contributed by atoms with E-state index < -0.39 is 0 Å². The van der Waals surface area contributed by atoms with Crippen molar-refractivity contribution in [2.24, 2.45) is 0 Å². The van der Waals surface area contributed by atoms with Crippen molar-refractivity contribution in [3.05, 3.63) is 107 Å². The lowest BCUT2D eigenvalue weighted by atomic mass is 10.0. The number of furan rings is 1. The second kappa shape index (κ2) is 9.88. The summed E-state index contributed by atoms with van der Waals surface area (Å²) >= 11 is 0. The summed E-state index contributed by atoms with van der Waals surface area (Å²) < 4.78 is 7.00. The quantitative estimate of drug-likeness (QED) is 0.454. The van der Waals surface area contributed by atoms with Gasteiger partial charge in [0.15, 0.2) is 5.82 Å². The predicted molar refractivity (Wildman–Crippen MR) is 130 cm³/mol. The van der Waals surface area contributed by atoms with Gasteiger partial charge < -0.3 is 14.3 Å². The second-order valence-corrected chi connectivity index (χ2v) is 8.55. The van der Waals surface area contributed by atoms with E-state index in [0.717, 1.165) is 38.2 Å². The van der Waals surface area contributed by atoms with Gasteiger partial charge in [-0.25, -0.2) is 4.98 Å². The Morgan fingerprint density at radius 3 is 2.55 bits per heavy atom. The van der Waals surface area contributed by atoms with Gasteiger partial charge in [0.1, 0.15) is 5.76 Å². The Labute approximate surface area is 193 Å². The average molecular weight is 441 g/mol. The third kappa shape index (κ3) is 5.23. The maximum absolute atomic E-state index is 12.8. The van der Waals surface area contributed by atoms with Crippen LogP contribution in [0.1, 0.15) is 24.2 Å². The van der Waals surface area contributed by atoms with E-state index in [1.54, 1.807) is 23.2 Å². The molecule has 0 unspecified atom stereocenters. The van der Waals surface area contributed by atoms with E-state index in [-0.39, 0.29) is 11.6 Å². The van der Waals surface area contributed by atoms with Crippen LogP contribution in [0, 0.1) is 0 Å². The predicted octanol–water partition coefficient (Wildman–Crippen LogP) is 4.63. The summed E-state index contributed by atoms with van der Waals surface area (Å²) in [6.45, 7) is 3.32. The first-order chi connectivity index (χ1) is 16.2. The van der Waals surface area contributed by atoms with Crippen molar-refractivity contribution in [3.63, 3.8) is 0 Å². The van der Waals surface area contributed by atoms with Crippen LogP contribution in [0.5, 0.6) is 0 Å². The number of benzene rings is 2. The van der Waals surface area contributed by atoms with Crippen molar-refractivity contribution in [1.82, 2.24) is 14.5 Å². The molecule has 6 heteroatoms. The van der Waals surface area contributed by atoms with Crippen LogP contribution in [-0.4, -0.2) is 33.6 Å². The SMILES string of the molecule is O=c1c(NC2CCN(Cc3cccc(-c4ccccc4)c3)CC2)nccn1Cc1ccco1. The molecule has 5 rings (SSSR count). The number of nitrogens with zero attached hydrogens (tertiary/aromatic N) is 3. The first-order valence-corrected chi connectivity index (χ1v) is 11.5. The molecule has 1 N–H and O–H groups in total. The van der Waals surface area contributed by atoms with Crippen molar-refractivity contribution in [2.45, 2.75) is 32.0 Å². The van der Waals surface area contributed by atoms with Crippen LogP contribution in [0.15, 0.2) is 94.6 Å². The van der Waals surface area contributed by atoms with Crippen molar-refractivity contribution >= 4 is 5.82 Å². The highest BCUT2D eigenvalue weighted by Crippen LogP contribution is 2.22. The smallest absolute Gasteiger partial charge is 0.293 e. The largest absolute Gasteiger partial charge is 0.467 e. The Kier molecular flexibility index (Phi) is 6.35. The Balaban J connectivity index is 1.17. The highest BCUT2D eigenvalue weighted by molar-refractivity contribution is 5.63. The summed E-state index contributed by atoms with van der Waals surface area (Å²) in [6.07, 6.45) is 6.94. The lowest BCUT2D eigenvalue weighted by Gasteiger charge is -2.32. The molecule has 0 aliphatic carbocycles. The minimum Gasteiger partial charge on any atom is -0.467 e. The standard InChI is InChI=1S/C27H28N4O2/c32-27-26(28-13-16-31(27)20-25-10-5-17-33-25)29-24-11-14-30(15-12-24)19-21-6-4-9-23(18-21)22-7-2-1-3-8-22/h1-10,13,16-18,24H,11-12,14-15,19-20H2,(H,28,29). The molecular formula is C27H28N4O2. The van der Waals surface area contributed by atoms with E-state index in [9.17, 15) is 4.79 Å². The summed E-state index contributed by atoms with van der Waals surface area (Å²) in [5.74, 6) is 1.16. The average Bonchev–Trinajstić information content (AvgIpc) is 3.37. The third-order valence-corrected chi connectivity index (χ3v) is 6.19. The molecule has 3 heterocycles. The molecule has 33 heavy (non-hydrogen) atoms. The van der Waals surface area contributed by atoms with Crippen molar-refractivity contribution in [3.8, 4) is 11.1 Å². The molecule has 0 bridgehead atoms. The number of nitrogens with one attached hydrogen (secondary N) is 1. The molecule has 1 fully saturated rings. The van der Waals surface area contributed by atoms with Crippen molar-refractivity contribution in [1.29, 1.82) is 0 Å². The number of rotatable bonds is 7. The molecule has 0 spiro atoms. The molecule has 1 saturated heterocycles.